The molecule has 1 aliphatic heterocycles. The average Bonchev–Trinajstić information content (AvgIpc) is 3.56. The lowest BCUT2D eigenvalue weighted by molar-refractivity contribution is 1.09. The van der Waals surface area contributed by atoms with Crippen LogP contribution < -0.4 is 4.90 Å². The standard InChI is InChI=1S/C49H36N2/c1-35-13-5-4-12-32-50(42-26-20-38(21-27-42)36-14-6-2-7-15-36)48-33-40(24-30-44(35)48)41-25-31-46-45-18-10-11-19-47(45)51(49(46)34-41)43-28-22-39(23-29-43)37-16-8-3-9-17-37/h2-31,33-34H,1,32H2/b12-4-,13-5-. The zero-order chi connectivity index (χ0) is 34.1. The Balaban J connectivity index is 1.16. The van der Waals surface area contributed by atoms with E-state index in [2.05, 4.69) is 210 Å². The highest BCUT2D eigenvalue weighted by atomic mass is 15.1. The molecule has 0 unspecified atom stereocenters. The van der Waals surface area contributed by atoms with Gasteiger partial charge in [-0.25, -0.2) is 0 Å². The summed E-state index contributed by atoms with van der Waals surface area (Å²) in [7, 11) is 0. The highest BCUT2D eigenvalue weighted by molar-refractivity contribution is 6.10. The SMILES string of the molecule is C=C1/C=C\C=C/CN(c2ccc(-c3ccccc3)cc2)c2cc(-c3ccc4c5ccccc5n(-c5ccc(-c6ccccc6)cc5)c4c3)ccc21. The molecule has 0 atom stereocenters. The van der Waals surface area contributed by atoms with Gasteiger partial charge in [-0.3, -0.25) is 0 Å². The summed E-state index contributed by atoms with van der Waals surface area (Å²) in [6.07, 6.45) is 8.51. The van der Waals surface area contributed by atoms with Crippen LogP contribution in [0.15, 0.2) is 201 Å². The van der Waals surface area contributed by atoms with Crippen molar-refractivity contribution in [2.24, 2.45) is 0 Å². The van der Waals surface area contributed by atoms with Gasteiger partial charge in [0.1, 0.15) is 0 Å². The zero-order valence-corrected chi connectivity index (χ0v) is 28.3. The Bertz CT molecular complexity index is 2590. The van der Waals surface area contributed by atoms with Crippen LogP contribution >= 0.6 is 0 Å². The van der Waals surface area contributed by atoms with E-state index < -0.39 is 0 Å². The topological polar surface area (TPSA) is 8.17 Å². The molecule has 0 aliphatic carbocycles. The summed E-state index contributed by atoms with van der Waals surface area (Å²) in [6, 6.07) is 61.4. The lowest BCUT2D eigenvalue weighted by Crippen LogP contribution is -2.18. The van der Waals surface area contributed by atoms with E-state index in [1.165, 1.54) is 49.6 Å². The fourth-order valence-corrected chi connectivity index (χ4v) is 7.38. The van der Waals surface area contributed by atoms with Crippen LogP contribution in [-0.4, -0.2) is 11.1 Å². The number of rotatable bonds is 5. The van der Waals surface area contributed by atoms with Gasteiger partial charge in [0.15, 0.2) is 0 Å². The summed E-state index contributed by atoms with van der Waals surface area (Å²) >= 11 is 0. The van der Waals surface area contributed by atoms with Gasteiger partial charge in [0.25, 0.3) is 0 Å². The van der Waals surface area contributed by atoms with Gasteiger partial charge in [0.2, 0.25) is 0 Å². The van der Waals surface area contributed by atoms with E-state index in [-0.39, 0.29) is 0 Å². The molecule has 0 fully saturated rings. The van der Waals surface area contributed by atoms with Crippen LogP contribution in [-0.2, 0) is 0 Å². The molecule has 51 heavy (non-hydrogen) atoms. The smallest absolute Gasteiger partial charge is 0.0547 e. The third-order valence-electron chi connectivity index (χ3n) is 9.99. The van der Waals surface area contributed by atoms with Gasteiger partial charge < -0.3 is 9.47 Å². The number of aromatic nitrogens is 1. The van der Waals surface area contributed by atoms with E-state index in [0.717, 1.165) is 40.3 Å². The molecule has 0 bridgehead atoms. The molecule has 1 aliphatic rings. The van der Waals surface area contributed by atoms with Gasteiger partial charge in [0, 0.05) is 39.9 Å². The van der Waals surface area contributed by atoms with Gasteiger partial charge >= 0.3 is 0 Å². The maximum atomic E-state index is 4.47. The summed E-state index contributed by atoms with van der Waals surface area (Å²) in [5, 5.41) is 2.49. The van der Waals surface area contributed by atoms with Crippen molar-refractivity contribution in [1.29, 1.82) is 0 Å². The maximum absolute atomic E-state index is 4.47. The van der Waals surface area contributed by atoms with Gasteiger partial charge in [-0.1, -0.05) is 158 Å². The molecule has 242 valence electrons. The quantitative estimate of drug-likeness (QED) is 0.180. The molecule has 2 nitrogen and oxygen atoms in total. The summed E-state index contributed by atoms with van der Waals surface area (Å²) in [5.41, 5.74) is 15.1. The molecule has 0 saturated carbocycles. The second-order valence-corrected chi connectivity index (χ2v) is 13.1. The molecule has 1 aromatic heterocycles. The van der Waals surface area contributed by atoms with Crippen LogP contribution in [0.2, 0.25) is 0 Å². The lowest BCUT2D eigenvalue weighted by atomic mass is 9.96. The second-order valence-electron chi connectivity index (χ2n) is 13.1. The number of hydrogen-bond donors (Lipinski definition) is 0. The molecule has 9 rings (SSSR count). The van der Waals surface area contributed by atoms with Crippen LogP contribution in [0.4, 0.5) is 11.4 Å². The third-order valence-corrected chi connectivity index (χ3v) is 9.99. The van der Waals surface area contributed by atoms with Crippen molar-refractivity contribution in [2.75, 3.05) is 11.4 Å². The molecule has 0 radical (unpaired) electrons. The highest BCUT2D eigenvalue weighted by Gasteiger charge is 2.18. The van der Waals surface area contributed by atoms with E-state index in [1.807, 2.05) is 0 Å². The first-order valence-corrected chi connectivity index (χ1v) is 17.5. The number of anilines is 2. The van der Waals surface area contributed by atoms with E-state index in [9.17, 15) is 0 Å². The summed E-state index contributed by atoms with van der Waals surface area (Å²) in [4.78, 5) is 2.39. The molecule has 2 heterocycles. The molecule has 8 aromatic rings. The maximum Gasteiger partial charge on any atom is 0.0547 e. The Hall–Kier alpha value is -6.64. The molecular weight excluding hydrogens is 617 g/mol. The molecule has 0 N–H and O–H groups in total. The molecule has 2 heteroatoms. The Morgan fingerprint density at radius 1 is 0.431 bits per heavy atom. The number of benzene rings is 7. The molecule has 0 saturated heterocycles. The average molecular weight is 653 g/mol. The minimum absolute atomic E-state index is 0.741. The molecular formula is C49H36N2. The number of nitrogens with zero attached hydrogens (tertiary/aromatic N) is 2. The van der Waals surface area contributed by atoms with Crippen molar-refractivity contribution in [3.05, 3.63) is 206 Å². The number of fused-ring (bicyclic) bond motifs is 4. The Kier molecular flexibility index (Phi) is 7.75. The Morgan fingerprint density at radius 3 is 1.69 bits per heavy atom. The van der Waals surface area contributed by atoms with Crippen LogP contribution in [0.25, 0.3) is 66.4 Å². The van der Waals surface area contributed by atoms with Gasteiger partial charge in [-0.2, -0.15) is 0 Å². The predicted molar refractivity (Wildman–Crippen MR) is 218 cm³/mol. The van der Waals surface area contributed by atoms with E-state index in [4.69, 9.17) is 0 Å². The van der Waals surface area contributed by atoms with Crippen molar-refractivity contribution < 1.29 is 0 Å². The van der Waals surface area contributed by atoms with Gasteiger partial charge in [-0.05, 0) is 81.4 Å². The van der Waals surface area contributed by atoms with Crippen LogP contribution in [0.1, 0.15) is 5.56 Å². The first-order chi connectivity index (χ1) is 25.2. The summed E-state index contributed by atoms with van der Waals surface area (Å²) in [5.74, 6) is 0. The van der Waals surface area contributed by atoms with Crippen LogP contribution in [0.3, 0.4) is 0 Å². The van der Waals surface area contributed by atoms with Crippen molar-refractivity contribution in [3.63, 3.8) is 0 Å². The first kappa shape index (κ1) is 30.4. The van der Waals surface area contributed by atoms with E-state index in [1.54, 1.807) is 0 Å². The number of para-hydroxylation sites is 1. The van der Waals surface area contributed by atoms with Crippen molar-refractivity contribution in [1.82, 2.24) is 4.57 Å². The Labute approximate surface area is 299 Å². The van der Waals surface area contributed by atoms with Crippen molar-refractivity contribution >= 4 is 38.8 Å². The fourth-order valence-electron chi connectivity index (χ4n) is 7.38. The van der Waals surface area contributed by atoms with E-state index >= 15 is 0 Å². The monoisotopic (exact) mass is 652 g/mol. The molecule has 0 amide bonds. The predicted octanol–water partition coefficient (Wildman–Crippen LogP) is 13.1. The highest BCUT2D eigenvalue weighted by Crippen LogP contribution is 2.40. The Morgan fingerprint density at radius 2 is 0.980 bits per heavy atom. The van der Waals surface area contributed by atoms with Gasteiger partial charge in [-0.15, -0.1) is 0 Å². The minimum Gasteiger partial charge on any atom is -0.337 e. The van der Waals surface area contributed by atoms with Crippen molar-refractivity contribution in [2.45, 2.75) is 0 Å². The number of allylic oxidation sites excluding steroid dienone is 4. The first-order valence-electron chi connectivity index (χ1n) is 17.5. The minimum atomic E-state index is 0.741. The normalized spacial score (nSPS) is 14.1. The van der Waals surface area contributed by atoms with Crippen molar-refractivity contribution in [3.8, 4) is 39.1 Å². The molecule has 0 spiro atoms. The van der Waals surface area contributed by atoms with Gasteiger partial charge in [0.05, 0.1) is 11.0 Å². The number of hydrogen-bond acceptors (Lipinski definition) is 1. The van der Waals surface area contributed by atoms with Crippen LogP contribution in [0, 0.1) is 0 Å². The molecule has 7 aromatic carbocycles. The zero-order valence-electron chi connectivity index (χ0n) is 28.3. The van der Waals surface area contributed by atoms with Crippen LogP contribution in [0.5, 0.6) is 0 Å². The summed E-state index contributed by atoms with van der Waals surface area (Å²) < 4.78 is 2.40. The summed E-state index contributed by atoms with van der Waals surface area (Å²) in [6.45, 7) is 5.21. The third kappa shape index (κ3) is 5.67. The fraction of sp³-hybridized carbons (Fsp3) is 0.0204. The largest absolute Gasteiger partial charge is 0.337 e. The second kappa shape index (κ2) is 13.0. The lowest BCUT2D eigenvalue weighted by Gasteiger charge is -2.27. The van der Waals surface area contributed by atoms with E-state index in [0.29, 0.717) is 0 Å².